The Hall–Kier alpha value is -2.04. The van der Waals surface area contributed by atoms with Crippen LogP contribution in [0.4, 0.5) is 0 Å². The van der Waals surface area contributed by atoms with Gasteiger partial charge in [-0.3, -0.25) is 4.90 Å². The number of methoxy groups -OCH3 is 1. The molecule has 0 amide bonds. The van der Waals surface area contributed by atoms with E-state index in [-0.39, 0.29) is 6.79 Å². The summed E-state index contributed by atoms with van der Waals surface area (Å²) in [5, 5.41) is 0. The minimum atomic E-state index is 0.244. The lowest BCUT2D eigenvalue weighted by atomic mass is 9.75. The molecule has 2 atom stereocenters. The van der Waals surface area contributed by atoms with Crippen LogP contribution >= 0.6 is 0 Å². The third-order valence-electron chi connectivity index (χ3n) is 6.32. The lowest BCUT2D eigenvalue weighted by molar-refractivity contribution is 0.0453. The molecule has 1 saturated heterocycles. The Bertz CT molecular complexity index is 790. The third kappa shape index (κ3) is 4.59. The number of fused-ring (bicyclic) bond motifs is 2. The summed E-state index contributed by atoms with van der Waals surface area (Å²) in [6, 6.07) is 15.3. The van der Waals surface area contributed by atoms with Crippen molar-refractivity contribution in [3.63, 3.8) is 0 Å². The minimum Gasteiger partial charge on any atom is -0.485 e. The number of benzene rings is 2. The van der Waals surface area contributed by atoms with E-state index in [1.807, 2.05) is 18.2 Å². The van der Waals surface area contributed by atoms with Crippen LogP contribution in [0.2, 0.25) is 0 Å². The standard InChI is InChI=1S/C25H33NO3/c1-3-13-26-14-7-10-21-15-22-20(16-23(21)26)11-12-24(25(22)29-18-27-2)28-17-19-8-5-4-6-9-19/h4-6,8-9,11-12,21,23H,3,7,10,13-18H2,1-2H3/t21-,23-/m1/s1. The summed E-state index contributed by atoms with van der Waals surface area (Å²) in [5.74, 6) is 2.41. The molecule has 0 saturated carbocycles. The molecule has 156 valence electrons. The van der Waals surface area contributed by atoms with E-state index in [0.29, 0.717) is 18.6 Å². The number of likely N-dealkylation sites (tertiary alicyclic amines) is 1. The molecule has 1 fully saturated rings. The molecule has 29 heavy (non-hydrogen) atoms. The van der Waals surface area contributed by atoms with Gasteiger partial charge < -0.3 is 14.2 Å². The highest BCUT2D eigenvalue weighted by molar-refractivity contribution is 5.52. The average Bonchev–Trinajstić information content (AvgIpc) is 2.76. The summed E-state index contributed by atoms with van der Waals surface area (Å²) in [7, 11) is 1.67. The van der Waals surface area contributed by atoms with E-state index >= 15 is 0 Å². The first-order valence-electron chi connectivity index (χ1n) is 11.0. The number of piperidine rings is 1. The van der Waals surface area contributed by atoms with Crippen molar-refractivity contribution >= 4 is 0 Å². The summed E-state index contributed by atoms with van der Waals surface area (Å²) in [6.07, 6.45) is 6.02. The Kier molecular flexibility index (Phi) is 6.73. The molecule has 1 aliphatic carbocycles. The van der Waals surface area contributed by atoms with Gasteiger partial charge in [0.2, 0.25) is 0 Å². The fourth-order valence-electron chi connectivity index (χ4n) is 4.99. The number of rotatable bonds is 8. The molecule has 4 heteroatoms. The lowest BCUT2D eigenvalue weighted by Crippen LogP contribution is -2.49. The molecule has 0 bridgehead atoms. The number of hydrogen-bond donors (Lipinski definition) is 0. The van der Waals surface area contributed by atoms with Gasteiger partial charge >= 0.3 is 0 Å². The molecule has 1 heterocycles. The van der Waals surface area contributed by atoms with E-state index in [1.54, 1.807) is 7.11 Å². The maximum atomic E-state index is 6.19. The highest BCUT2D eigenvalue weighted by Gasteiger charge is 2.36. The molecule has 2 aliphatic rings. The molecule has 0 unspecified atom stereocenters. The van der Waals surface area contributed by atoms with Gasteiger partial charge in [-0.1, -0.05) is 43.3 Å². The van der Waals surface area contributed by atoms with Gasteiger partial charge in [0.05, 0.1) is 0 Å². The molecule has 2 aromatic rings. The largest absolute Gasteiger partial charge is 0.485 e. The summed E-state index contributed by atoms with van der Waals surface area (Å²) in [6.45, 7) is 5.53. The van der Waals surface area contributed by atoms with Crippen molar-refractivity contribution in [2.45, 2.75) is 51.7 Å². The van der Waals surface area contributed by atoms with E-state index < -0.39 is 0 Å². The maximum Gasteiger partial charge on any atom is 0.188 e. The molecule has 4 rings (SSSR count). The first kappa shape index (κ1) is 20.2. The van der Waals surface area contributed by atoms with Crippen LogP contribution in [0.25, 0.3) is 0 Å². The topological polar surface area (TPSA) is 30.9 Å². The molecule has 0 radical (unpaired) electrons. The summed E-state index contributed by atoms with van der Waals surface area (Å²) >= 11 is 0. The SMILES string of the molecule is CCCN1CCC[C@@H]2Cc3c(ccc(OCc4ccccc4)c3OCOC)C[C@H]21. The van der Waals surface area contributed by atoms with Crippen LogP contribution in [0, 0.1) is 5.92 Å². The second-order valence-electron chi connectivity index (χ2n) is 8.27. The fourth-order valence-corrected chi connectivity index (χ4v) is 4.99. The summed E-state index contributed by atoms with van der Waals surface area (Å²) < 4.78 is 17.5. The van der Waals surface area contributed by atoms with Crippen LogP contribution in [-0.4, -0.2) is 37.9 Å². The first-order chi connectivity index (χ1) is 14.3. The molecule has 2 aromatic carbocycles. The van der Waals surface area contributed by atoms with Crippen molar-refractivity contribution < 1.29 is 14.2 Å². The molecule has 0 N–H and O–H groups in total. The van der Waals surface area contributed by atoms with Crippen molar-refractivity contribution in [2.75, 3.05) is 27.0 Å². The minimum absolute atomic E-state index is 0.244. The summed E-state index contributed by atoms with van der Waals surface area (Å²) in [4.78, 5) is 2.71. The second-order valence-corrected chi connectivity index (χ2v) is 8.27. The highest BCUT2D eigenvalue weighted by atomic mass is 16.7. The molecule has 0 aromatic heterocycles. The zero-order valence-electron chi connectivity index (χ0n) is 17.7. The van der Waals surface area contributed by atoms with Crippen LogP contribution in [0.5, 0.6) is 11.5 Å². The number of nitrogens with zero attached hydrogens (tertiary/aromatic N) is 1. The molecular weight excluding hydrogens is 362 g/mol. The van der Waals surface area contributed by atoms with Gasteiger partial charge in [-0.2, -0.15) is 0 Å². The van der Waals surface area contributed by atoms with Gasteiger partial charge in [0.25, 0.3) is 0 Å². The van der Waals surface area contributed by atoms with Crippen LogP contribution in [0.15, 0.2) is 42.5 Å². The van der Waals surface area contributed by atoms with Gasteiger partial charge in [0.1, 0.15) is 6.61 Å². The van der Waals surface area contributed by atoms with Crippen molar-refractivity contribution in [3.8, 4) is 11.5 Å². The predicted molar refractivity (Wildman–Crippen MR) is 116 cm³/mol. The van der Waals surface area contributed by atoms with E-state index in [4.69, 9.17) is 14.2 Å². The van der Waals surface area contributed by atoms with Crippen molar-refractivity contribution in [2.24, 2.45) is 5.92 Å². The zero-order valence-corrected chi connectivity index (χ0v) is 17.7. The van der Waals surface area contributed by atoms with Gasteiger partial charge in [-0.25, -0.2) is 0 Å². The summed E-state index contributed by atoms with van der Waals surface area (Å²) in [5.41, 5.74) is 3.89. The quantitative estimate of drug-likeness (QED) is 0.599. The average molecular weight is 396 g/mol. The Labute approximate surface area is 174 Å². The van der Waals surface area contributed by atoms with Crippen LogP contribution < -0.4 is 9.47 Å². The molecule has 4 nitrogen and oxygen atoms in total. The Morgan fingerprint density at radius 2 is 1.90 bits per heavy atom. The first-order valence-corrected chi connectivity index (χ1v) is 11.0. The lowest BCUT2D eigenvalue weighted by Gasteiger charge is -2.45. The van der Waals surface area contributed by atoms with Crippen LogP contribution in [0.3, 0.4) is 0 Å². The predicted octanol–water partition coefficient (Wildman–Crippen LogP) is 4.84. The van der Waals surface area contributed by atoms with Crippen LogP contribution in [0.1, 0.15) is 42.9 Å². The smallest absolute Gasteiger partial charge is 0.188 e. The van der Waals surface area contributed by atoms with Crippen molar-refractivity contribution in [1.82, 2.24) is 4.90 Å². The van der Waals surface area contributed by atoms with E-state index in [1.165, 1.54) is 43.5 Å². The molecule has 0 spiro atoms. The van der Waals surface area contributed by atoms with Crippen LogP contribution in [-0.2, 0) is 24.2 Å². The zero-order chi connectivity index (χ0) is 20.1. The van der Waals surface area contributed by atoms with Gasteiger partial charge in [0.15, 0.2) is 18.3 Å². The second kappa shape index (κ2) is 9.64. The van der Waals surface area contributed by atoms with E-state index in [2.05, 4.69) is 36.1 Å². The monoisotopic (exact) mass is 395 g/mol. The van der Waals surface area contributed by atoms with Gasteiger partial charge in [-0.15, -0.1) is 0 Å². The van der Waals surface area contributed by atoms with E-state index in [0.717, 1.165) is 29.9 Å². The van der Waals surface area contributed by atoms with E-state index in [9.17, 15) is 0 Å². The highest BCUT2D eigenvalue weighted by Crippen LogP contribution is 2.43. The molecule has 1 aliphatic heterocycles. The Morgan fingerprint density at radius 1 is 1.03 bits per heavy atom. The Morgan fingerprint density at radius 3 is 2.69 bits per heavy atom. The third-order valence-corrected chi connectivity index (χ3v) is 6.32. The number of ether oxygens (including phenoxy) is 3. The van der Waals surface area contributed by atoms with Gasteiger partial charge in [0, 0.05) is 18.7 Å². The normalized spacial score (nSPS) is 21.3. The maximum absolute atomic E-state index is 6.19. The molecular formula is C25H33NO3. The Balaban J connectivity index is 1.59. The number of hydrogen-bond acceptors (Lipinski definition) is 4. The van der Waals surface area contributed by atoms with Gasteiger partial charge in [-0.05, 0) is 68.3 Å². The van der Waals surface area contributed by atoms with Crippen molar-refractivity contribution in [3.05, 3.63) is 59.2 Å². The van der Waals surface area contributed by atoms with Crippen molar-refractivity contribution in [1.29, 1.82) is 0 Å². The fraction of sp³-hybridized carbons (Fsp3) is 0.520.